The number of fused-ring (bicyclic) bond motifs is 1. The number of hydrogen-bond donors (Lipinski definition) is 1. The highest BCUT2D eigenvalue weighted by atomic mass is 32.2. The van der Waals surface area contributed by atoms with Crippen molar-refractivity contribution in [2.45, 2.75) is 71.2 Å². The lowest BCUT2D eigenvalue weighted by molar-refractivity contribution is -0.113. The zero-order valence-corrected chi connectivity index (χ0v) is 23.8. The van der Waals surface area contributed by atoms with Crippen molar-refractivity contribution in [3.05, 3.63) is 63.8 Å². The Labute approximate surface area is 231 Å². The van der Waals surface area contributed by atoms with Gasteiger partial charge in [-0.2, -0.15) is 0 Å². The van der Waals surface area contributed by atoms with Crippen LogP contribution < -0.4 is 10.1 Å². The van der Waals surface area contributed by atoms with Gasteiger partial charge in [-0.3, -0.25) is 9.36 Å². The van der Waals surface area contributed by atoms with E-state index in [1.807, 2.05) is 36.6 Å². The first-order valence-corrected chi connectivity index (χ1v) is 14.7. The summed E-state index contributed by atoms with van der Waals surface area (Å²) in [4.78, 5) is 26.9. The highest BCUT2D eigenvalue weighted by Crippen LogP contribution is 2.38. The molecule has 0 spiro atoms. The number of nitrogens with zero attached hydrogens (tertiary/aromatic N) is 3. The standard InChI is InChI=1S/C28H34N4O4S2/c1-5-15-32-23(16-36-21-13-10-11-18(3)19(21)4)30-31-28(32)37-17-24(33)29-26-25(27(34)35-6-2)20-12-8-7-9-14-22(20)38-26/h5,10-11,13H,1,6-9,12,14-17H2,2-4H3,(H,29,33). The molecule has 0 bridgehead atoms. The van der Waals surface area contributed by atoms with Gasteiger partial charge in [-0.25, -0.2) is 4.79 Å². The monoisotopic (exact) mass is 554 g/mol. The number of allylic oxidation sites excluding steroid dienone is 1. The Morgan fingerprint density at radius 2 is 2.03 bits per heavy atom. The predicted octanol–water partition coefficient (Wildman–Crippen LogP) is 5.90. The SMILES string of the molecule is C=CCn1c(COc2cccc(C)c2C)nnc1SCC(=O)Nc1sc2c(c1C(=O)OCC)CCCCC2. The van der Waals surface area contributed by atoms with E-state index in [1.54, 1.807) is 13.0 Å². The fourth-order valence-corrected chi connectivity index (χ4v) is 6.47. The van der Waals surface area contributed by atoms with Crippen LogP contribution in [0.4, 0.5) is 5.00 Å². The number of anilines is 1. The van der Waals surface area contributed by atoms with Gasteiger partial charge in [-0.1, -0.05) is 36.4 Å². The number of nitrogens with one attached hydrogen (secondary N) is 1. The van der Waals surface area contributed by atoms with Crippen molar-refractivity contribution in [2.24, 2.45) is 0 Å². The van der Waals surface area contributed by atoms with Crippen molar-refractivity contribution >= 4 is 40.0 Å². The van der Waals surface area contributed by atoms with E-state index >= 15 is 0 Å². The Balaban J connectivity index is 1.44. The minimum atomic E-state index is -0.367. The minimum absolute atomic E-state index is 0.123. The molecular weight excluding hydrogens is 520 g/mol. The van der Waals surface area contributed by atoms with Crippen molar-refractivity contribution in [3.63, 3.8) is 0 Å². The molecule has 38 heavy (non-hydrogen) atoms. The molecule has 1 amide bonds. The lowest BCUT2D eigenvalue weighted by Gasteiger charge is -2.12. The largest absolute Gasteiger partial charge is 0.485 e. The number of aromatic nitrogens is 3. The van der Waals surface area contributed by atoms with Gasteiger partial charge in [0, 0.05) is 11.4 Å². The first-order valence-electron chi connectivity index (χ1n) is 12.9. The number of benzene rings is 1. The maximum Gasteiger partial charge on any atom is 0.341 e. The number of hydrogen-bond acceptors (Lipinski definition) is 8. The molecule has 2 heterocycles. The fourth-order valence-electron chi connectivity index (χ4n) is 4.41. The lowest BCUT2D eigenvalue weighted by Crippen LogP contribution is -2.17. The van der Waals surface area contributed by atoms with E-state index in [-0.39, 0.29) is 24.2 Å². The zero-order valence-electron chi connectivity index (χ0n) is 22.2. The van der Waals surface area contributed by atoms with E-state index in [2.05, 4.69) is 22.1 Å². The summed E-state index contributed by atoms with van der Waals surface area (Å²) in [6.45, 7) is 10.7. The Bertz CT molecular complexity index is 1310. The molecule has 0 fully saturated rings. The van der Waals surface area contributed by atoms with E-state index in [4.69, 9.17) is 9.47 Å². The summed E-state index contributed by atoms with van der Waals surface area (Å²) in [5, 5.41) is 12.8. The van der Waals surface area contributed by atoms with Crippen LogP contribution in [-0.2, 0) is 35.5 Å². The number of ether oxygens (including phenoxy) is 2. The van der Waals surface area contributed by atoms with E-state index < -0.39 is 0 Å². The van der Waals surface area contributed by atoms with Crippen LogP contribution in [0.25, 0.3) is 0 Å². The van der Waals surface area contributed by atoms with Crippen molar-refractivity contribution < 1.29 is 19.1 Å². The molecule has 0 atom stereocenters. The van der Waals surface area contributed by atoms with E-state index in [0.717, 1.165) is 54.5 Å². The first kappa shape index (κ1) is 27.9. The Morgan fingerprint density at radius 3 is 2.82 bits per heavy atom. The quantitative estimate of drug-likeness (QED) is 0.136. The molecule has 0 saturated heterocycles. The van der Waals surface area contributed by atoms with E-state index in [0.29, 0.717) is 34.7 Å². The predicted molar refractivity (Wildman–Crippen MR) is 151 cm³/mol. The van der Waals surface area contributed by atoms with Gasteiger partial charge in [0.15, 0.2) is 11.0 Å². The molecule has 0 aliphatic heterocycles. The highest BCUT2D eigenvalue weighted by molar-refractivity contribution is 7.99. The van der Waals surface area contributed by atoms with Gasteiger partial charge in [0.1, 0.15) is 17.4 Å². The van der Waals surface area contributed by atoms with Crippen LogP contribution in [0.3, 0.4) is 0 Å². The van der Waals surface area contributed by atoms with Crippen LogP contribution in [0.15, 0.2) is 36.0 Å². The van der Waals surface area contributed by atoms with Crippen LogP contribution in [-0.4, -0.2) is 39.0 Å². The molecule has 2 aromatic heterocycles. The summed E-state index contributed by atoms with van der Waals surface area (Å²) in [6, 6.07) is 5.95. The van der Waals surface area contributed by atoms with Gasteiger partial charge in [-0.05, 0) is 69.2 Å². The van der Waals surface area contributed by atoms with Crippen LogP contribution >= 0.6 is 23.1 Å². The van der Waals surface area contributed by atoms with Crippen LogP contribution in [0.5, 0.6) is 5.75 Å². The maximum absolute atomic E-state index is 13.0. The van der Waals surface area contributed by atoms with E-state index in [9.17, 15) is 9.59 Å². The van der Waals surface area contributed by atoms with Crippen LogP contribution in [0.1, 0.15) is 63.9 Å². The van der Waals surface area contributed by atoms with E-state index in [1.165, 1.54) is 28.0 Å². The van der Waals surface area contributed by atoms with Gasteiger partial charge in [0.2, 0.25) is 5.91 Å². The number of esters is 1. The summed E-state index contributed by atoms with van der Waals surface area (Å²) in [7, 11) is 0. The number of thiophene rings is 1. The van der Waals surface area contributed by atoms with Gasteiger partial charge in [0.05, 0.1) is 17.9 Å². The number of carbonyl (C=O) groups is 2. The normalized spacial score (nSPS) is 12.9. The molecule has 0 unspecified atom stereocenters. The highest BCUT2D eigenvalue weighted by Gasteiger charge is 2.27. The smallest absolute Gasteiger partial charge is 0.341 e. The van der Waals surface area contributed by atoms with Crippen molar-refractivity contribution in [1.29, 1.82) is 0 Å². The lowest BCUT2D eigenvalue weighted by atomic mass is 10.1. The fraction of sp³-hybridized carbons (Fsp3) is 0.429. The summed E-state index contributed by atoms with van der Waals surface area (Å²) in [5.41, 5.74) is 3.80. The third-order valence-electron chi connectivity index (χ3n) is 6.50. The van der Waals surface area contributed by atoms with Gasteiger partial charge in [-0.15, -0.1) is 28.1 Å². The zero-order chi connectivity index (χ0) is 27.1. The second-order valence-electron chi connectivity index (χ2n) is 9.11. The molecule has 1 aliphatic rings. The third-order valence-corrected chi connectivity index (χ3v) is 8.68. The maximum atomic E-state index is 13.0. The minimum Gasteiger partial charge on any atom is -0.485 e. The number of rotatable bonds is 11. The Hall–Kier alpha value is -3.11. The summed E-state index contributed by atoms with van der Waals surface area (Å²) in [6.07, 6.45) is 6.79. The molecule has 202 valence electrons. The molecule has 1 aromatic carbocycles. The molecular formula is C28H34N4O4S2. The molecule has 4 rings (SSSR count). The number of aryl methyl sites for hydroxylation is 2. The Morgan fingerprint density at radius 1 is 1.21 bits per heavy atom. The molecule has 1 aliphatic carbocycles. The second kappa shape index (κ2) is 13.1. The average molecular weight is 555 g/mol. The third kappa shape index (κ3) is 6.47. The van der Waals surface area contributed by atoms with Crippen molar-refractivity contribution in [1.82, 2.24) is 14.8 Å². The molecule has 10 heteroatoms. The van der Waals surface area contributed by atoms with Crippen molar-refractivity contribution in [2.75, 3.05) is 17.7 Å². The molecule has 3 aromatic rings. The Kier molecular flexibility index (Phi) is 9.63. The topological polar surface area (TPSA) is 95.3 Å². The molecule has 8 nitrogen and oxygen atoms in total. The summed E-state index contributed by atoms with van der Waals surface area (Å²) < 4.78 is 13.2. The van der Waals surface area contributed by atoms with Gasteiger partial charge >= 0.3 is 5.97 Å². The van der Waals surface area contributed by atoms with Gasteiger partial charge < -0.3 is 14.8 Å². The van der Waals surface area contributed by atoms with Crippen molar-refractivity contribution in [3.8, 4) is 5.75 Å². The average Bonchev–Trinajstić information content (AvgIpc) is 3.35. The summed E-state index contributed by atoms with van der Waals surface area (Å²) >= 11 is 2.78. The first-order chi connectivity index (χ1) is 18.4. The molecule has 0 radical (unpaired) electrons. The van der Waals surface area contributed by atoms with Crippen LogP contribution in [0.2, 0.25) is 0 Å². The van der Waals surface area contributed by atoms with Gasteiger partial charge in [0.25, 0.3) is 0 Å². The molecule has 0 saturated carbocycles. The molecule has 1 N–H and O–H groups in total. The summed E-state index contributed by atoms with van der Waals surface area (Å²) in [5.74, 6) is 1.00. The number of carbonyl (C=O) groups excluding carboxylic acids is 2. The number of amides is 1. The van der Waals surface area contributed by atoms with Crippen LogP contribution in [0, 0.1) is 13.8 Å². The second-order valence-corrected chi connectivity index (χ2v) is 11.2. The number of thioether (sulfide) groups is 1.